The molecule has 0 fully saturated rings. The highest BCUT2D eigenvalue weighted by atomic mass is 19.1. The van der Waals surface area contributed by atoms with E-state index < -0.39 is 36.2 Å². The number of esters is 2. The van der Waals surface area contributed by atoms with Crippen LogP contribution in [-0.4, -0.2) is 89.9 Å². The van der Waals surface area contributed by atoms with Crippen molar-refractivity contribution in [2.75, 3.05) is 32.8 Å². The van der Waals surface area contributed by atoms with E-state index in [9.17, 15) is 19.2 Å². The number of hydrogen-bond donors (Lipinski definition) is 3. The van der Waals surface area contributed by atoms with E-state index in [2.05, 4.69) is 15.6 Å². The minimum atomic E-state index is -1.55. The summed E-state index contributed by atoms with van der Waals surface area (Å²) in [4.78, 5) is 57.4. The summed E-state index contributed by atoms with van der Waals surface area (Å²) in [5.74, 6) is -1.82. The van der Waals surface area contributed by atoms with Crippen LogP contribution in [0, 0.1) is 5.92 Å². The molecule has 2 amide bonds. The highest BCUT2D eigenvalue weighted by Gasteiger charge is 2.30. The molecular weight excluding hydrogens is 647 g/mol. The van der Waals surface area contributed by atoms with E-state index in [1.54, 1.807) is 55.5 Å². The number of rotatable bonds is 7. The molecule has 50 heavy (non-hydrogen) atoms. The van der Waals surface area contributed by atoms with E-state index >= 15 is 4.39 Å². The number of hydrogen-bond acceptors (Lipinski definition) is 10. The highest BCUT2D eigenvalue weighted by molar-refractivity contribution is 5.96. The van der Waals surface area contributed by atoms with E-state index in [0.717, 1.165) is 5.56 Å². The molecule has 2 aliphatic heterocycles. The van der Waals surface area contributed by atoms with Crippen LogP contribution in [0.1, 0.15) is 78.8 Å². The van der Waals surface area contributed by atoms with E-state index in [0.29, 0.717) is 42.6 Å². The fourth-order valence-electron chi connectivity index (χ4n) is 5.69. The van der Waals surface area contributed by atoms with Crippen molar-refractivity contribution in [3.8, 4) is 0 Å². The number of carbonyl (C=O) groups excluding carboxylic acids is 4. The number of benzene rings is 1. The maximum Gasteiger partial charge on any atom is 0.338 e. The third kappa shape index (κ3) is 11.5. The number of fused-ring (bicyclic) bond motifs is 4. The van der Waals surface area contributed by atoms with Crippen LogP contribution in [0.4, 0.5) is 4.39 Å². The maximum atomic E-state index is 15.5. The van der Waals surface area contributed by atoms with Gasteiger partial charge in [-0.3, -0.25) is 9.59 Å². The molecule has 2 aliphatic rings. The molecule has 1 aromatic heterocycles. The normalized spacial score (nSPS) is 24.7. The lowest BCUT2D eigenvalue weighted by Gasteiger charge is -2.23. The number of cyclic esters (lactones) is 1. The van der Waals surface area contributed by atoms with Crippen LogP contribution in [0.3, 0.4) is 0 Å². The van der Waals surface area contributed by atoms with Gasteiger partial charge in [0.2, 0.25) is 5.91 Å². The molecule has 12 nitrogen and oxygen atoms in total. The highest BCUT2D eigenvalue weighted by Crippen LogP contribution is 2.22. The molecule has 270 valence electrons. The van der Waals surface area contributed by atoms with Crippen LogP contribution in [0.2, 0.25) is 0 Å². The fourth-order valence-corrected chi connectivity index (χ4v) is 5.69. The Labute approximate surface area is 291 Å². The zero-order valence-corrected chi connectivity index (χ0v) is 28.9. The third-order valence-corrected chi connectivity index (χ3v) is 8.56. The van der Waals surface area contributed by atoms with Crippen molar-refractivity contribution in [2.24, 2.45) is 5.92 Å². The summed E-state index contributed by atoms with van der Waals surface area (Å²) >= 11 is 0. The minimum absolute atomic E-state index is 0.00804. The monoisotopic (exact) mass is 694 g/mol. The molecule has 13 heteroatoms. The van der Waals surface area contributed by atoms with Crippen molar-refractivity contribution in [1.29, 1.82) is 0 Å². The van der Waals surface area contributed by atoms with E-state index in [-0.39, 0.29) is 68.9 Å². The van der Waals surface area contributed by atoms with Gasteiger partial charge in [0, 0.05) is 39.0 Å². The second-order valence-corrected chi connectivity index (χ2v) is 12.6. The Morgan fingerprint density at radius 3 is 2.74 bits per heavy atom. The SMILES string of the molecule is CC[C@H]1OC(=O)C2=CCN(C2)C(=O)c2coc(n2)CC(F)C[C@H](OC(=O)c2ccc(CNCCO)cc2)/C=C(C)/C=C/CNC(=O)CC[C@H]1C. The first kappa shape index (κ1) is 38.2. The number of oxazole rings is 1. The van der Waals surface area contributed by atoms with Gasteiger partial charge < -0.3 is 34.5 Å². The quantitative estimate of drug-likeness (QED) is 0.286. The molecule has 0 saturated carbocycles. The van der Waals surface area contributed by atoms with E-state index in [1.807, 2.05) is 13.8 Å². The third-order valence-electron chi connectivity index (χ3n) is 8.56. The van der Waals surface area contributed by atoms with Crippen molar-refractivity contribution < 1.29 is 42.6 Å². The van der Waals surface area contributed by atoms with Crippen molar-refractivity contribution in [2.45, 2.75) is 77.8 Å². The number of aliphatic hydroxyl groups excluding tert-OH is 1. The summed E-state index contributed by atoms with van der Waals surface area (Å²) < 4.78 is 32.5. The van der Waals surface area contributed by atoms with Crippen molar-refractivity contribution >= 4 is 23.8 Å². The van der Waals surface area contributed by atoms with E-state index in [1.165, 1.54) is 11.2 Å². The summed E-state index contributed by atoms with van der Waals surface area (Å²) in [6.07, 6.45) is 5.92. The largest absolute Gasteiger partial charge is 0.459 e. The van der Waals surface area contributed by atoms with Crippen LogP contribution >= 0.6 is 0 Å². The lowest BCUT2D eigenvalue weighted by atomic mass is 9.96. The van der Waals surface area contributed by atoms with Gasteiger partial charge in [-0.1, -0.05) is 49.8 Å². The number of nitrogens with zero attached hydrogens (tertiary/aromatic N) is 2. The average Bonchev–Trinajstić information content (AvgIpc) is 3.78. The van der Waals surface area contributed by atoms with Gasteiger partial charge in [0.1, 0.15) is 24.6 Å². The molecule has 4 atom stereocenters. The Kier molecular flexibility index (Phi) is 14.5. The summed E-state index contributed by atoms with van der Waals surface area (Å²) in [5.41, 5.74) is 2.24. The number of carbonyl (C=O) groups is 4. The van der Waals surface area contributed by atoms with Gasteiger partial charge >= 0.3 is 11.9 Å². The summed E-state index contributed by atoms with van der Waals surface area (Å²) in [6, 6.07) is 6.79. The fraction of sp³-hybridized carbons (Fsp3) is 0.486. The summed E-state index contributed by atoms with van der Waals surface area (Å²) in [6.45, 7) is 7.09. The van der Waals surface area contributed by atoms with Crippen molar-refractivity contribution in [1.82, 2.24) is 20.5 Å². The Bertz CT molecular complexity index is 1570. The molecule has 0 spiro atoms. The molecule has 0 saturated heterocycles. The van der Waals surface area contributed by atoms with Gasteiger partial charge in [-0.25, -0.2) is 19.0 Å². The maximum absolute atomic E-state index is 15.5. The predicted molar refractivity (Wildman–Crippen MR) is 183 cm³/mol. The number of halogens is 1. The zero-order valence-electron chi connectivity index (χ0n) is 28.9. The van der Waals surface area contributed by atoms with Crippen LogP contribution in [0.5, 0.6) is 0 Å². The second kappa shape index (κ2) is 19.0. The van der Waals surface area contributed by atoms with Crippen LogP contribution < -0.4 is 10.6 Å². The number of amides is 2. The van der Waals surface area contributed by atoms with Gasteiger partial charge in [0.15, 0.2) is 11.6 Å². The molecule has 3 N–H and O–H groups in total. The standard InChI is InChI=1S/C37H47FN4O8/c1-4-32-25(3)7-12-33(44)40-14-5-6-24(2)18-30(49-36(46)27-10-8-26(9-11-27)21-39-15-17-43)19-29(38)20-34-41-31(23-48-34)35(45)42-16-13-28(22-42)37(47)50-32/h5-6,8-11,13,18,23,25,29-30,32,39,43H,4,7,12,14-17,19-22H2,1-3H3,(H,40,44)/b6-5+,24-18+/t25-,29?,30-,32-/m1/s1. The molecule has 4 bridgehead atoms. The number of aromatic nitrogens is 1. The molecule has 0 radical (unpaired) electrons. The summed E-state index contributed by atoms with van der Waals surface area (Å²) in [5, 5.41) is 14.9. The molecule has 0 aliphatic carbocycles. The smallest absolute Gasteiger partial charge is 0.338 e. The van der Waals surface area contributed by atoms with Gasteiger partial charge in [0.05, 0.1) is 30.7 Å². The molecule has 1 unspecified atom stereocenters. The minimum Gasteiger partial charge on any atom is -0.459 e. The van der Waals surface area contributed by atoms with Crippen molar-refractivity contribution in [3.63, 3.8) is 0 Å². The topological polar surface area (TPSA) is 160 Å². The van der Waals surface area contributed by atoms with Gasteiger partial charge in [0.25, 0.3) is 5.91 Å². The Morgan fingerprint density at radius 1 is 1.22 bits per heavy atom. The van der Waals surface area contributed by atoms with Gasteiger partial charge in [-0.05, 0) is 49.5 Å². The molecule has 1 aromatic carbocycles. The first-order valence-corrected chi connectivity index (χ1v) is 17.1. The van der Waals surface area contributed by atoms with Crippen LogP contribution in [0.25, 0.3) is 0 Å². The van der Waals surface area contributed by atoms with Crippen LogP contribution in [0.15, 0.2) is 70.4 Å². The zero-order chi connectivity index (χ0) is 36.0. The lowest BCUT2D eigenvalue weighted by molar-refractivity contribution is -0.147. The second-order valence-electron chi connectivity index (χ2n) is 12.6. The Morgan fingerprint density at radius 2 is 2.00 bits per heavy atom. The predicted octanol–water partition coefficient (Wildman–Crippen LogP) is 4.01. The van der Waals surface area contributed by atoms with Crippen LogP contribution in [-0.2, 0) is 32.0 Å². The number of nitrogens with one attached hydrogen (secondary N) is 2. The van der Waals surface area contributed by atoms with Gasteiger partial charge in [-0.2, -0.15) is 0 Å². The van der Waals surface area contributed by atoms with E-state index in [4.69, 9.17) is 19.0 Å². The Balaban J connectivity index is 1.50. The first-order valence-electron chi connectivity index (χ1n) is 17.1. The molecule has 4 rings (SSSR count). The average molecular weight is 695 g/mol. The van der Waals surface area contributed by atoms with Crippen molar-refractivity contribution in [3.05, 3.63) is 88.7 Å². The number of allylic oxidation sites excluding steroid dienone is 2. The Hall–Kier alpha value is -4.62. The molecular formula is C37H47FN4O8. The number of alkyl halides is 1. The molecule has 2 aromatic rings. The lowest BCUT2D eigenvalue weighted by Crippen LogP contribution is -2.32. The first-order chi connectivity index (χ1) is 24.1. The number of aliphatic hydroxyl groups is 1. The summed E-state index contributed by atoms with van der Waals surface area (Å²) in [7, 11) is 0. The number of ether oxygens (including phenoxy) is 2. The molecule has 3 heterocycles. The van der Waals surface area contributed by atoms with Gasteiger partial charge in [-0.15, -0.1) is 0 Å².